The molecule has 0 atom stereocenters. The second-order valence-corrected chi connectivity index (χ2v) is 13.7. The number of anilines is 3. The van der Waals surface area contributed by atoms with Crippen LogP contribution in [0.25, 0.3) is 82.1 Å². The lowest BCUT2D eigenvalue weighted by Crippen LogP contribution is -2.10. The highest BCUT2D eigenvalue weighted by Crippen LogP contribution is 2.47. The Kier molecular flexibility index (Phi) is 6.55. The van der Waals surface area contributed by atoms with E-state index in [0.29, 0.717) is 0 Å². The highest BCUT2D eigenvalue weighted by Gasteiger charge is 2.23. The second-order valence-electron chi connectivity index (χ2n) is 13.7. The first-order chi connectivity index (χ1) is 26.3. The Labute approximate surface area is 306 Å². The van der Waals surface area contributed by atoms with E-state index >= 15 is 0 Å². The molecule has 0 amide bonds. The highest BCUT2D eigenvalue weighted by molar-refractivity contribution is 6.27. The van der Waals surface area contributed by atoms with E-state index in [1.807, 2.05) is 6.07 Å². The smallest absolute Gasteiger partial charge is 0.138 e. The van der Waals surface area contributed by atoms with Crippen molar-refractivity contribution < 1.29 is 4.42 Å². The summed E-state index contributed by atoms with van der Waals surface area (Å²) in [7, 11) is 0. The molecule has 9 aromatic carbocycles. The molecule has 11 rings (SSSR count). The summed E-state index contributed by atoms with van der Waals surface area (Å²) in [6.07, 6.45) is 0. The lowest BCUT2D eigenvalue weighted by atomic mass is 9.94. The topological polar surface area (TPSA) is 21.3 Å². The molecular weight excluding hydrogens is 645 g/mol. The molecule has 0 aliphatic rings. The Bertz CT molecular complexity index is 3160. The van der Waals surface area contributed by atoms with Crippen molar-refractivity contribution in [3.8, 4) is 16.8 Å². The zero-order chi connectivity index (χ0) is 34.9. The van der Waals surface area contributed by atoms with Crippen LogP contribution >= 0.6 is 0 Å². The van der Waals surface area contributed by atoms with Gasteiger partial charge in [0, 0.05) is 55.6 Å². The molecule has 248 valence electrons. The number of furan rings is 1. The van der Waals surface area contributed by atoms with Gasteiger partial charge in [-0.25, -0.2) is 0 Å². The fourth-order valence-corrected chi connectivity index (χ4v) is 8.48. The van der Waals surface area contributed by atoms with Crippen LogP contribution in [0.1, 0.15) is 0 Å². The number of aromatic nitrogens is 1. The summed E-state index contributed by atoms with van der Waals surface area (Å²) in [6, 6.07) is 69.6. The van der Waals surface area contributed by atoms with Gasteiger partial charge >= 0.3 is 0 Å². The second kappa shape index (κ2) is 11.7. The first-order valence-corrected chi connectivity index (χ1v) is 18.1. The number of benzene rings is 9. The van der Waals surface area contributed by atoms with Crippen molar-refractivity contribution >= 4 is 82.4 Å². The number of para-hydroxylation sites is 3. The van der Waals surface area contributed by atoms with E-state index in [1.165, 1.54) is 43.4 Å². The van der Waals surface area contributed by atoms with Crippen LogP contribution in [-0.4, -0.2) is 4.57 Å². The molecule has 0 spiro atoms. The number of nitrogens with zero attached hydrogens (tertiary/aromatic N) is 2. The average Bonchev–Trinajstić information content (AvgIpc) is 3.76. The third kappa shape index (κ3) is 4.54. The van der Waals surface area contributed by atoms with Crippen LogP contribution in [0, 0.1) is 0 Å². The van der Waals surface area contributed by atoms with Crippen molar-refractivity contribution in [2.75, 3.05) is 4.90 Å². The molecule has 0 aliphatic carbocycles. The zero-order valence-electron chi connectivity index (χ0n) is 28.8. The largest absolute Gasteiger partial charge is 0.456 e. The summed E-state index contributed by atoms with van der Waals surface area (Å²) < 4.78 is 9.00. The van der Waals surface area contributed by atoms with Gasteiger partial charge in [-0.15, -0.1) is 0 Å². The van der Waals surface area contributed by atoms with E-state index in [4.69, 9.17) is 4.42 Å². The maximum atomic E-state index is 6.60. The fraction of sp³-hybridized carbons (Fsp3) is 0. The molecule has 0 unspecified atom stereocenters. The quantitative estimate of drug-likeness (QED) is 0.169. The maximum Gasteiger partial charge on any atom is 0.138 e. The van der Waals surface area contributed by atoms with Gasteiger partial charge in [0.05, 0.1) is 16.7 Å². The van der Waals surface area contributed by atoms with E-state index in [2.05, 4.69) is 198 Å². The van der Waals surface area contributed by atoms with E-state index in [9.17, 15) is 0 Å². The minimum Gasteiger partial charge on any atom is -0.456 e. The van der Waals surface area contributed by atoms with Gasteiger partial charge < -0.3 is 13.9 Å². The van der Waals surface area contributed by atoms with Crippen molar-refractivity contribution in [1.29, 1.82) is 0 Å². The highest BCUT2D eigenvalue weighted by atomic mass is 16.3. The third-order valence-corrected chi connectivity index (χ3v) is 10.7. The van der Waals surface area contributed by atoms with Crippen LogP contribution in [0.5, 0.6) is 0 Å². The summed E-state index contributed by atoms with van der Waals surface area (Å²) in [5.74, 6) is 0. The van der Waals surface area contributed by atoms with Crippen LogP contribution in [0.15, 0.2) is 199 Å². The first kappa shape index (κ1) is 29.6. The van der Waals surface area contributed by atoms with E-state index in [1.54, 1.807) is 0 Å². The molecule has 0 saturated heterocycles. The molecule has 2 aromatic heterocycles. The number of hydrogen-bond donors (Lipinski definition) is 0. The molecule has 11 aromatic rings. The molecule has 0 saturated carbocycles. The summed E-state index contributed by atoms with van der Waals surface area (Å²) in [5.41, 5.74) is 10.9. The Morgan fingerprint density at radius 1 is 0.396 bits per heavy atom. The van der Waals surface area contributed by atoms with Crippen LogP contribution in [-0.2, 0) is 0 Å². The summed E-state index contributed by atoms with van der Waals surface area (Å²) >= 11 is 0. The monoisotopic (exact) mass is 676 g/mol. The number of hydrogen-bond acceptors (Lipinski definition) is 2. The molecule has 3 heteroatoms. The lowest BCUT2D eigenvalue weighted by Gasteiger charge is -2.27. The molecule has 0 bridgehead atoms. The predicted molar refractivity (Wildman–Crippen MR) is 223 cm³/mol. The van der Waals surface area contributed by atoms with Gasteiger partial charge in [0.15, 0.2) is 0 Å². The van der Waals surface area contributed by atoms with E-state index in [0.717, 1.165) is 55.7 Å². The van der Waals surface area contributed by atoms with Gasteiger partial charge in [-0.3, -0.25) is 0 Å². The van der Waals surface area contributed by atoms with Gasteiger partial charge in [0.2, 0.25) is 0 Å². The summed E-state index contributed by atoms with van der Waals surface area (Å²) in [4.78, 5) is 2.38. The summed E-state index contributed by atoms with van der Waals surface area (Å²) in [5, 5.41) is 9.66. The predicted octanol–water partition coefficient (Wildman–Crippen LogP) is 14.1. The minimum absolute atomic E-state index is 0.886. The maximum absolute atomic E-state index is 6.60. The lowest BCUT2D eigenvalue weighted by molar-refractivity contribution is 0.669. The van der Waals surface area contributed by atoms with Crippen molar-refractivity contribution in [2.45, 2.75) is 0 Å². The van der Waals surface area contributed by atoms with Crippen molar-refractivity contribution in [2.24, 2.45) is 0 Å². The van der Waals surface area contributed by atoms with Gasteiger partial charge in [-0.2, -0.15) is 0 Å². The van der Waals surface area contributed by atoms with Crippen molar-refractivity contribution in [3.63, 3.8) is 0 Å². The molecule has 3 nitrogen and oxygen atoms in total. The van der Waals surface area contributed by atoms with Crippen LogP contribution < -0.4 is 4.90 Å². The first-order valence-electron chi connectivity index (χ1n) is 18.1. The number of fused-ring (bicyclic) bond motifs is 9. The normalized spacial score (nSPS) is 11.8. The third-order valence-electron chi connectivity index (χ3n) is 10.7. The van der Waals surface area contributed by atoms with Gasteiger partial charge in [0.1, 0.15) is 11.2 Å². The summed E-state index contributed by atoms with van der Waals surface area (Å²) in [6.45, 7) is 0. The molecule has 0 N–H and O–H groups in total. The Balaban J connectivity index is 1.16. The zero-order valence-corrected chi connectivity index (χ0v) is 28.8. The molecule has 0 fully saturated rings. The van der Waals surface area contributed by atoms with E-state index < -0.39 is 0 Å². The SMILES string of the molecule is c1ccc(-c2c3c(cc4c2c2ccccc2n4-c2ccc(N(c4ccccc4)c4cc5ccccc5c5ccccc45)cc2)oc2ccccc23)cc1. The van der Waals surface area contributed by atoms with Gasteiger partial charge in [0.25, 0.3) is 0 Å². The van der Waals surface area contributed by atoms with Gasteiger partial charge in [-0.05, 0) is 76.3 Å². The van der Waals surface area contributed by atoms with Crippen LogP contribution in [0.3, 0.4) is 0 Å². The molecule has 53 heavy (non-hydrogen) atoms. The van der Waals surface area contributed by atoms with Crippen molar-refractivity contribution in [1.82, 2.24) is 4.57 Å². The Hall–Kier alpha value is -7.10. The molecule has 0 radical (unpaired) electrons. The molecular formula is C50H32N2O. The van der Waals surface area contributed by atoms with Gasteiger partial charge in [-0.1, -0.05) is 133 Å². The Morgan fingerprint density at radius 3 is 1.79 bits per heavy atom. The molecule has 0 aliphatic heterocycles. The fourth-order valence-electron chi connectivity index (χ4n) is 8.48. The van der Waals surface area contributed by atoms with E-state index in [-0.39, 0.29) is 0 Å². The Morgan fingerprint density at radius 2 is 1.00 bits per heavy atom. The standard InChI is InChI=1S/C50H32N2O/c1-3-15-33(16-4-1)48-49-41-23-11-13-25-43(41)52(45(49)32-47-50(48)42-24-12-14-26-46(42)53-47)37-29-27-36(28-30-37)51(35-18-5-2-6-19-35)44-31-34-17-7-8-20-38(34)39-21-9-10-22-40(39)44/h1-32H. The average molecular weight is 677 g/mol. The number of rotatable bonds is 5. The van der Waals surface area contributed by atoms with Crippen LogP contribution in [0.4, 0.5) is 17.1 Å². The van der Waals surface area contributed by atoms with Crippen molar-refractivity contribution in [3.05, 3.63) is 194 Å². The minimum atomic E-state index is 0.886. The van der Waals surface area contributed by atoms with Crippen LogP contribution in [0.2, 0.25) is 0 Å². The molecule has 2 heterocycles.